The Labute approximate surface area is 103 Å². The maximum absolute atomic E-state index is 12.1. The van der Waals surface area contributed by atoms with Crippen molar-refractivity contribution in [2.75, 3.05) is 13.1 Å². The van der Waals surface area contributed by atoms with E-state index >= 15 is 0 Å². The molecule has 0 spiro atoms. The highest BCUT2D eigenvalue weighted by Gasteiger charge is 2.35. The number of rotatable bonds is 2. The van der Waals surface area contributed by atoms with Gasteiger partial charge in [-0.3, -0.25) is 4.79 Å². The van der Waals surface area contributed by atoms with E-state index in [2.05, 4.69) is 35.2 Å². The van der Waals surface area contributed by atoms with E-state index in [1.54, 1.807) is 0 Å². The molecule has 17 heavy (non-hydrogen) atoms. The highest BCUT2D eigenvalue weighted by atomic mass is 16.2. The van der Waals surface area contributed by atoms with Crippen molar-refractivity contribution < 1.29 is 4.79 Å². The summed E-state index contributed by atoms with van der Waals surface area (Å²) in [6.07, 6.45) is 4.60. The summed E-state index contributed by atoms with van der Waals surface area (Å²) in [5.74, 6) is 1.32. The molecule has 1 amide bonds. The van der Waals surface area contributed by atoms with Crippen molar-refractivity contribution in [2.24, 2.45) is 5.92 Å². The van der Waals surface area contributed by atoms with Gasteiger partial charge in [0.15, 0.2) is 0 Å². The van der Waals surface area contributed by atoms with Crippen LogP contribution in [0.2, 0.25) is 0 Å². The third-order valence-electron chi connectivity index (χ3n) is 3.93. The van der Waals surface area contributed by atoms with Crippen molar-refractivity contribution in [1.82, 2.24) is 4.90 Å². The van der Waals surface area contributed by atoms with Crippen molar-refractivity contribution >= 4 is 5.91 Å². The molecule has 1 atom stereocenters. The number of hydrogen-bond donors (Lipinski definition) is 0. The van der Waals surface area contributed by atoms with Gasteiger partial charge in [-0.2, -0.15) is 0 Å². The Morgan fingerprint density at radius 2 is 1.88 bits per heavy atom. The second kappa shape index (κ2) is 4.52. The van der Waals surface area contributed by atoms with Crippen LogP contribution in [0, 0.1) is 5.92 Å². The fourth-order valence-corrected chi connectivity index (χ4v) is 2.76. The summed E-state index contributed by atoms with van der Waals surface area (Å²) in [7, 11) is 0. The summed E-state index contributed by atoms with van der Waals surface area (Å²) in [6, 6.07) is 10.6. The number of likely N-dealkylation sites (tertiary alicyclic amines) is 1. The molecule has 1 unspecified atom stereocenters. The maximum Gasteiger partial charge on any atom is 0.225 e. The van der Waals surface area contributed by atoms with Crippen molar-refractivity contribution in [3.8, 4) is 0 Å². The first-order valence-electron chi connectivity index (χ1n) is 6.68. The smallest absolute Gasteiger partial charge is 0.225 e. The van der Waals surface area contributed by atoms with Gasteiger partial charge < -0.3 is 4.90 Å². The average Bonchev–Trinajstić information content (AvgIpc) is 3.23. The molecule has 1 saturated heterocycles. The van der Waals surface area contributed by atoms with E-state index in [9.17, 15) is 4.79 Å². The fourth-order valence-electron chi connectivity index (χ4n) is 2.76. The largest absolute Gasteiger partial charge is 0.342 e. The third-order valence-corrected chi connectivity index (χ3v) is 3.93. The molecule has 0 aromatic heterocycles. The molecule has 2 fully saturated rings. The third kappa shape index (κ3) is 2.36. The van der Waals surface area contributed by atoms with Crippen molar-refractivity contribution in [1.29, 1.82) is 0 Å². The van der Waals surface area contributed by atoms with E-state index < -0.39 is 0 Å². The lowest BCUT2D eigenvalue weighted by molar-refractivity contribution is -0.133. The van der Waals surface area contributed by atoms with Crippen LogP contribution in [0.4, 0.5) is 0 Å². The summed E-state index contributed by atoms with van der Waals surface area (Å²) in [5, 5.41) is 0. The van der Waals surface area contributed by atoms with Gasteiger partial charge in [0.05, 0.1) is 0 Å². The molecule has 3 rings (SSSR count). The monoisotopic (exact) mass is 229 g/mol. The van der Waals surface area contributed by atoms with E-state index in [4.69, 9.17) is 0 Å². The maximum atomic E-state index is 12.1. The molecule has 1 aromatic carbocycles. The first-order chi connectivity index (χ1) is 8.34. The highest BCUT2D eigenvalue weighted by molar-refractivity contribution is 5.81. The van der Waals surface area contributed by atoms with Crippen molar-refractivity contribution in [2.45, 2.75) is 31.6 Å². The van der Waals surface area contributed by atoms with Crippen LogP contribution >= 0.6 is 0 Å². The first-order valence-corrected chi connectivity index (χ1v) is 6.68. The minimum atomic E-state index is 0.365. The standard InChI is InChI=1S/C15H19NO/c17-15(13-8-9-13)16-10-4-7-14(11-16)12-5-2-1-3-6-12/h1-3,5-6,13-14H,4,7-11H2. The zero-order valence-corrected chi connectivity index (χ0v) is 10.1. The lowest BCUT2D eigenvalue weighted by Gasteiger charge is -2.33. The van der Waals surface area contributed by atoms with E-state index in [1.807, 2.05) is 0 Å². The second-order valence-electron chi connectivity index (χ2n) is 5.31. The molecule has 0 bridgehead atoms. The van der Waals surface area contributed by atoms with Crippen LogP contribution in [0.15, 0.2) is 30.3 Å². The Balaban J connectivity index is 1.69. The predicted molar refractivity (Wildman–Crippen MR) is 67.7 cm³/mol. The van der Waals surface area contributed by atoms with Crippen LogP contribution in [0.1, 0.15) is 37.2 Å². The molecule has 0 radical (unpaired) electrons. The minimum Gasteiger partial charge on any atom is -0.342 e. The number of amides is 1. The second-order valence-corrected chi connectivity index (χ2v) is 5.31. The zero-order chi connectivity index (χ0) is 11.7. The Kier molecular flexibility index (Phi) is 2.87. The molecule has 1 heterocycles. The molecule has 90 valence electrons. The van der Waals surface area contributed by atoms with Gasteiger partial charge in [0.2, 0.25) is 5.91 Å². The van der Waals surface area contributed by atoms with Gasteiger partial charge in [0.1, 0.15) is 0 Å². The zero-order valence-electron chi connectivity index (χ0n) is 10.1. The average molecular weight is 229 g/mol. The molecule has 2 heteroatoms. The Bertz CT molecular complexity index is 397. The normalized spacial score (nSPS) is 24.7. The van der Waals surface area contributed by atoms with Gasteiger partial charge in [-0.15, -0.1) is 0 Å². The molecule has 1 saturated carbocycles. The topological polar surface area (TPSA) is 20.3 Å². The highest BCUT2D eigenvalue weighted by Crippen LogP contribution is 2.34. The summed E-state index contributed by atoms with van der Waals surface area (Å²) in [5.41, 5.74) is 1.39. The van der Waals surface area contributed by atoms with Gasteiger partial charge in [0, 0.05) is 24.9 Å². The molecule has 1 aliphatic heterocycles. The van der Waals surface area contributed by atoms with Gasteiger partial charge in [-0.1, -0.05) is 30.3 Å². The van der Waals surface area contributed by atoms with Crippen LogP contribution in [0.3, 0.4) is 0 Å². The van der Waals surface area contributed by atoms with Gasteiger partial charge >= 0.3 is 0 Å². The number of nitrogens with zero attached hydrogens (tertiary/aromatic N) is 1. The molecular weight excluding hydrogens is 210 g/mol. The predicted octanol–water partition coefficient (Wildman–Crippen LogP) is 2.80. The van der Waals surface area contributed by atoms with Crippen LogP contribution in [0.25, 0.3) is 0 Å². The number of benzene rings is 1. The number of carbonyl (C=O) groups is 1. The number of piperidine rings is 1. The van der Waals surface area contributed by atoms with Crippen LogP contribution in [-0.4, -0.2) is 23.9 Å². The number of hydrogen-bond acceptors (Lipinski definition) is 1. The molecule has 2 aliphatic rings. The van der Waals surface area contributed by atoms with Crippen LogP contribution < -0.4 is 0 Å². The number of carbonyl (C=O) groups excluding carboxylic acids is 1. The summed E-state index contributed by atoms with van der Waals surface area (Å²) >= 11 is 0. The van der Waals surface area contributed by atoms with E-state index in [0.717, 1.165) is 32.4 Å². The van der Waals surface area contributed by atoms with E-state index in [-0.39, 0.29) is 0 Å². The van der Waals surface area contributed by atoms with E-state index in [0.29, 0.717) is 17.7 Å². The van der Waals surface area contributed by atoms with Gasteiger partial charge in [-0.25, -0.2) is 0 Å². The Morgan fingerprint density at radius 3 is 2.59 bits per heavy atom. The van der Waals surface area contributed by atoms with Gasteiger partial charge in [0.25, 0.3) is 0 Å². The lowest BCUT2D eigenvalue weighted by Crippen LogP contribution is -2.39. The van der Waals surface area contributed by atoms with E-state index in [1.165, 1.54) is 12.0 Å². The molecule has 0 N–H and O–H groups in total. The Morgan fingerprint density at radius 1 is 1.12 bits per heavy atom. The summed E-state index contributed by atoms with van der Waals surface area (Å²) in [6.45, 7) is 1.90. The first kappa shape index (κ1) is 10.8. The molecule has 1 aromatic rings. The summed E-state index contributed by atoms with van der Waals surface area (Å²) in [4.78, 5) is 14.2. The van der Waals surface area contributed by atoms with Crippen molar-refractivity contribution in [3.63, 3.8) is 0 Å². The van der Waals surface area contributed by atoms with Crippen molar-refractivity contribution in [3.05, 3.63) is 35.9 Å². The Hall–Kier alpha value is -1.31. The quantitative estimate of drug-likeness (QED) is 0.763. The fraction of sp³-hybridized carbons (Fsp3) is 0.533. The minimum absolute atomic E-state index is 0.365. The SMILES string of the molecule is O=C(C1CC1)N1CCCC(c2ccccc2)C1. The van der Waals surface area contributed by atoms with Gasteiger partial charge in [-0.05, 0) is 31.2 Å². The molecular formula is C15H19NO. The van der Waals surface area contributed by atoms with Crippen LogP contribution in [0.5, 0.6) is 0 Å². The lowest BCUT2D eigenvalue weighted by atomic mass is 9.90. The van der Waals surface area contributed by atoms with Crippen LogP contribution in [-0.2, 0) is 4.79 Å². The molecule has 2 nitrogen and oxygen atoms in total. The summed E-state index contributed by atoms with van der Waals surface area (Å²) < 4.78 is 0. The molecule has 1 aliphatic carbocycles.